The van der Waals surface area contributed by atoms with Crippen molar-refractivity contribution in [3.05, 3.63) is 12.2 Å². The van der Waals surface area contributed by atoms with Crippen LogP contribution in [0, 0.1) is 23.7 Å². The monoisotopic (exact) mass is 420 g/mol. The Hall–Kier alpha value is -1.40. The van der Waals surface area contributed by atoms with Gasteiger partial charge in [0, 0.05) is 18.3 Å². The van der Waals surface area contributed by atoms with Crippen molar-refractivity contribution in [2.75, 3.05) is 0 Å². The molecule has 0 aromatic carbocycles. The lowest BCUT2D eigenvalue weighted by Gasteiger charge is -2.48. The van der Waals surface area contributed by atoms with E-state index in [0.29, 0.717) is 32.1 Å². The Morgan fingerprint density at radius 1 is 1.30 bits per heavy atom. The summed E-state index contributed by atoms with van der Waals surface area (Å²) in [5, 5.41) is 10.6. The van der Waals surface area contributed by atoms with Crippen molar-refractivity contribution in [3.8, 4) is 0 Å². The summed E-state index contributed by atoms with van der Waals surface area (Å²) in [4.78, 5) is 25.5. The van der Waals surface area contributed by atoms with Crippen LogP contribution in [0.4, 0.5) is 0 Å². The summed E-state index contributed by atoms with van der Waals surface area (Å²) >= 11 is 0. The van der Waals surface area contributed by atoms with Crippen LogP contribution in [-0.2, 0) is 23.8 Å². The SMILES string of the molecule is C=C1C[C@@H]2O[C@@H]3[C@H]4[C@@H](CC[C@@](C)(OC(=O)CCC)[C@H]42)[C@@H](C)C(=O)O[C@@]3(C)CC[C@H]1O. The number of hydrogen-bond acceptors (Lipinski definition) is 6. The quantitative estimate of drug-likeness (QED) is 0.555. The average molecular weight is 421 g/mol. The van der Waals surface area contributed by atoms with E-state index in [4.69, 9.17) is 14.2 Å². The van der Waals surface area contributed by atoms with Gasteiger partial charge in [-0.1, -0.05) is 20.4 Å². The van der Waals surface area contributed by atoms with Crippen molar-refractivity contribution >= 4 is 11.9 Å². The Balaban J connectivity index is 1.79. The first kappa shape index (κ1) is 21.8. The molecule has 0 unspecified atom stereocenters. The van der Waals surface area contributed by atoms with E-state index in [0.717, 1.165) is 18.4 Å². The van der Waals surface area contributed by atoms with Crippen LogP contribution in [0.3, 0.4) is 0 Å². The molecule has 30 heavy (non-hydrogen) atoms. The minimum absolute atomic E-state index is 0.0552. The Morgan fingerprint density at radius 3 is 2.73 bits per heavy atom. The number of esters is 2. The standard InChI is InChI=1S/C24H36O6/c1-6-7-18(26)29-23(4)10-8-15-14(3)22(27)30-24(5)11-9-16(25)13(2)12-17-20(23)19(15)21(24)28-17/h14-17,19-21,25H,2,6-12H2,1,3-5H3/t14-,15+,16-,17+,19+,20+,21-,23-,24+/m1/s1. The first-order chi connectivity index (χ1) is 14.1. The summed E-state index contributed by atoms with van der Waals surface area (Å²) in [6, 6.07) is 0. The molecule has 2 bridgehead atoms. The maximum atomic E-state index is 12.9. The van der Waals surface area contributed by atoms with Gasteiger partial charge >= 0.3 is 11.9 Å². The lowest BCUT2D eigenvalue weighted by molar-refractivity contribution is -0.181. The summed E-state index contributed by atoms with van der Waals surface area (Å²) in [7, 11) is 0. The largest absolute Gasteiger partial charge is 0.459 e. The third-order valence-electron chi connectivity index (χ3n) is 8.26. The zero-order valence-corrected chi connectivity index (χ0v) is 18.7. The van der Waals surface area contributed by atoms with Crippen molar-refractivity contribution in [2.45, 2.75) is 102 Å². The second-order valence-corrected chi connectivity index (χ2v) is 10.4. The summed E-state index contributed by atoms with van der Waals surface area (Å²) in [5.41, 5.74) is -0.730. The Kier molecular flexibility index (Phi) is 5.55. The molecule has 4 aliphatic rings. The molecule has 0 aromatic heterocycles. The maximum absolute atomic E-state index is 12.9. The molecule has 168 valence electrons. The number of aliphatic hydroxyl groups is 1. The molecule has 3 aliphatic heterocycles. The second kappa shape index (κ2) is 7.63. The van der Waals surface area contributed by atoms with Gasteiger partial charge in [-0.2, -0.15) is 0 Å². The third kappa shape index (κ3) is 3.40. The molecule has 4 rings (SSSR count). The number of carbonyl (C=O) groups excluding carboxylic acids is 2. The van der Waals surface area contributed by atoms with E-state index < -0.39 is 17.3 Å². The molecule has 1 aliphatic carbocycles. The van der Waals surface area contributed by atoms with Crippen molar-refractivity contribution in [2.24, 2.45) is 23.7 Å². The van der Waals surface area contributed by atoms with Crippen LogP contribution in [0.5, 0.6) is 0 Å². The van der Waals surface area contributed by atoms with Crippen LogP contribution in [0.25, 0.3) is 0 Å². The summed E-state index contributed by atoms with van der Waals surface area (Å²) in [6.07, 6.45) is 3.05. The molecule has 9 atom stereocenters. The molecule has 1 saturated carbocycles. The van der Waals surface area contributed by atoms with Crippen LogP contribution < -0.4 is 0 Å². The van der Waals surface area contributed by atoms with Crippen LogP contribution in [0.2, 0.25) is 0 Å². The predicted molar refractivity (Wildman–Crippen MR) is 110 cm³/mol. The fourth-order valence-corrected chi connectivity index (χ4v) is 6.62. The maximum Gasteiger partial charge on any atom is 0.309 e. The van der Waals surface area contributed by atoms with Crippen LogP contribution in [-0.4, -0.2) is 46.6 Å². The molecular formula is C24H36O6. The van der Waals surface area contributed by atoms with E-state index in [1.54, 1.807) is 0 Å². The molecule has 0 amide bonds. The van der Waals surface area contributed by atoms with Crippen LogP contribution in [0.1, 0.15) is 72.6 Å². The van der Waals surface area contributed by atoms with Gasteiger partial charge in [-0.25, -0.2) is 0 Å². The van der Waals surface area contributed by atoms with Gasteiger partial charge in [0.15, 0.2) is 0 Å². The van der Waals surface area contributed by atoms with E-state index in [1.165, 1.54) is 0 Å². The normalized spacial score (nSPS) is 48.1. The Morgan fingerprint density at radius 2 is 2.03 bits per heavy atom. The fourth-order valence-electron chi connectivity index (χ4n) is 6.62. The summed E-state index contributed by atoms with van der Waals surface area (Å²) in [6.45, 7) is 12.0. The molecule has 1 N–H and O–H groups in total. The highest BCUT2D eigenvalue weighted by molar-refractivity contribution is 5.73. The van der Waals surface area contributed by atoms with Crippen molar-refractivity contribution in [3.63, 3.8) is 0 Å². The average Bonchev–Trinajstić information content (AvgIpc) is 3.04. The van der Waals surface area contributed by atoms with Crippen LogP contribution >= 0.6 is 0 Å². The van der Waals surface area contributed by atoms with Gasteiger partial charge in [0.1, 0.15) is 17.3 Å². The minimum atomic E-state index is -0.810. The lowest BCUT2D eigenvalue weighted by atomic mass is 9.58. The number of ether oxygens (including phenoxy) is 3. The molecule has 6 heteroatoms. The fraction of sp³-hybridized carbons (Fsp3) is 0.833. The van der Waals surface area contributed by atoms with Gasteiger partial charge in [0.25, 0.3) is 0 Å². The second-order valence-electron chi connectivity index (χ2n) is 10.4. The van der Waals surface area contributed by atoms with Crippen molar-refractivity contribution in [1.29, 1.82) is 0 Å². The zero-order chi connectivity index (χ0) is 21.8. The Bertz CT molecular complexity index is 733. The molecule has 3 heterocycles. The van der Waals surface area contributed by atoms with Gasteiger partial charge in [-0.15, -0.1) is 0 Å². The highest BCUT2D eigenvalue weighted by Crippen LogP contribution is 2.59. The number of aliphatic hydroxyl groups excluding tert-OH is 1. The lowest BCUT2D eigenvalue weighted by Crippen LogP contribution is -2.55. The van der Waals surface area contributed by atoms with E-state index in [-0.39, 0.29) is 47.8 Å². The van der Waals surface area contributed by atoms with Crippen LogP contribution in [0.15, 0.2) is 12.2 Å². The van der Waals surface area contributed by atoms with Gasteiger partial charge < -0.3 is 19.3 Å². The van der Waals surface area contributed by atoms with Gasteiger partial charge in [0.2, 0.25) is 0 Å². The number of carbonyl (C=O) groups is 2. The van der Waals surface area contributed by atoms with E-state index >= 15 is 0 Å². The highest BCUT2D eigenvalue weighted by Gasteiger charge is 2.66. The topological polar surface area (TPSA) is 82.1 Å². The van der Waals surface area contributed by atoms with E-state index in [9.17, 15) is 14.7 Å². The van der Waals surface area contributed by atoms with Gasteiger partial charge in [-0.3, -0.25) is 9.59 Å². The first-order valence-electron chi connectivity index (χ1n) is 11.6. The molecule has 4 fully saturated rings. The number of fused-ring (bicyclic) bond motifs is 2. The van der Waals surface area contributed by atoms with Crippen molar-refractivity contribution < 1.29 is 28.9 Å². The minimum Gasteiger partial charge on any atom is -0.459 e. The number of hydrogen-bond donors (Lipinski definition) is 1. The van der Waals surface area contributed by atoms with E-state index in [2.05, 4.69) is 6.58 Å². The molecular weight excluding hydrogens is 384 g/mol. The smallest absolute Gasteiger partial charge is 0.309 e. The summed E-state index contributed by atoms with van der Waals surface area (Å²) in [5.74, 6) is -0.444. The van der Waals surface area contributed by atoms with Gasteiger partial charge in [-0.05, 0) is 63.9 Å². The Labute approximate surface area is 179 Å². The highest BCUT2D eigenvalue weighted by atomic mass is 16.6. The molecule has 3 saturated heterocycles. The molecule has 6 nitrogen and oxygen atoms in total. The summed E-state index contributed by atoms with van der Waals surface area (Å²) < 4.78 is 18.9. The zero-order valence-electron chi connectivity index (χ0n) is 18.7. The molecule has 0 spiro atoms. The molecule has 0 aromatic rings. The van der Waals surface area contributed by atoms with Crippen molar-refractivity contribution in [1.82, 2.24) is 0 Å². The number of rotatable bonds is 3. The molecule has 0 radical (unpaired) electrons. The van der Waals surface area contributed by atoms with Gasteiger partial charge in [0.05, 0.1) is 18.1 Å². The third-order valence-corrected chi connectivity index (χ3v) is 8.26. The van der Waals surface area contributed by atoms with E-state index in [1.807, 2.05) is 27.7 Å². The predicted octanol–water partition coefficient (Wildman–Crippen LogP) is 3.55. The first-order valence-corrected chi connectivity index (χ1v) is 11.6.